The molecule has 2 heterocycles. The summed E-state index contributed by atoms with van der Waals surface area (Å²) in [5.74, 6) is 1.02. The second kappa shape index (κ2) is 7.29. The van der Waals surface area contributed by atoms with Gasteiger partial charge in [-0.15, -0.1) is 0 Å². The van der Waals surface area contributed by atoms with Crippen molar-refractivity contribution < 1.29 is 18.6 Å². The number of carbonyl (C=O) groups is 1. The molecule has 0 saturated heterocycles. The van der Waals surface area contributed by atoms with E-state index in [-0.39, 0.29) is 11.7 Å². The smallest absolute Gasteiger partial charge is 0.219 e. The Labute approximate surface area is 171 Å². The number of halogens is 1. The Morgan fingerprint density at radius 2 is 1.83 bits per heavy atom. The number of methoxy groups -OCH3 is 1. The number of hydrogen-bond donors (Lipinski definition) is 2. The van der Waals surface area contributed by atoms with Crippen molar-refractivity contribution in [3.05, 3.63) is 76.7 Å². The van der Waals surface area contributed by atoms with E-state index >= 15 is 0 Å². The van der Waals surface area contributed by atoms with Crippen LogP contribution in [-0.4, -0.2) is 23.2 Å². The topological polar surface area (TPSA) is 89.3 Å². The summed E-state index contributed by atoms with van der Waals surface area (Å²) in [6.45, 7) is 0. The zero-order chi connectivity index (χ0) is 20.7. The van der Waals surface area contributed by atoms with Gasteiger partial charge in [0.25, 0.3) is 0 Å². The third-order valence-electron chi connectivity index (χ3n) is 5.64. The van der Waals surface area contributed by atoms with Crippen LogP contribution >= 0.6 is 0 Å². The van der Waals surface area contributed by atoms with Gasteiger partial charge >= 0.3 is 0 Å². The summed E-state index contributed by atoms with van der Waals surface area (Å²) in [7, 11) is 1.62. The Balaban J connectivity index is 1.58. The van der Waals surface area contributed by atoms with Gasteiger partial charge in [0.2, 0.25) is 11.6 Å². The number of allylic oxidation sites excluding steroid dienone is 1. The maximum Gasteiger partial charge on any atom is 0.219 e. The van der Waals surface area contributed by atoms with Crippen LogP contribution < -0.4 is 15.4 Å². The quantitative estimate of drug-likeness (QED) is 0.674. The van der Waals surface area contributed by atoms with Gasteiger partial charge in [0.1, 0.15) is 11.6 Å². The molecule has 1 aromatic heterocycles. The first-order valence-electron chi connectivity index (χ1n) is 9.64. The van der Waals surface area contributed by atoms with Gasteiger partial charge in [-0.2, -0.15) is 0 Å². The Morgan fingerprint density at radius 1 is 1.07 bits per heavy atom. The van der Waals surface area contributed by atoms with Gasteiger partial charge in [0.05, 0.1) is 13.2 Å². The van der Waals surface area contributed by atoms with Crippen molar-refractivity contribution in [3.63, 3.8) is 0 Å². The van der Waals surface area contributed by atoms with Gasteiger partial charge in [0, 0.05) is 23.3 Å². The number of carbonyl (C=O) groups excluding carboxylic acids is 1. The highest BCUT2D eigenvalue weighted by atomic mass is 19.1. The summed E-state index contributed by atoms with van der Waals surface area (Å²) in [5, 5.41) is 14.1. The number of Topliss-reactive ketones (excluding diaryl/α,β-unsaturated/α-hetero) is 1. The molecule has 8 heteroatoms. The highest BCUT2D eigenvalue weighted by Crippen LogP contribution is 2.43. The van der Waals surface area contributed by atoms with Crippen LogP contribution in [0.4, 0.5) is 16.0 Å². The predicted octanol–water partition coefficient (Wildman–Crippen LogP) is 4.20. The van der Waals surface area contributed by atoms with Gasteiger partial charge in [-0.3, -0.25) is 4.79 Å². The molecule has 0 fully saturated rings. The van der Waals surface area contributed by atoms with E-state index in [1.54, 1.807) is 25.3 Å². The van der Waals surface area contributed by atoms with Crippen LogP contribution in [0.2, 0.25) is 0 Å². The number of ketones is 1. The van der Waals surface area contributed by atoms with Crippen LogP contribution in [0.3, 0.4) is 0 Å². The molecule has 2 aliphatic rings. The number of nitrogens with one attached hydrogen (secondary N) is 2. The van der Waals surface area contributed by atoms with Crippen molar-refractivity contribution in [2.75, 3.05) is 17.7 Å². The third kappa shape index (κ3) is 3.10. The van der Waals surface area contributed by atoms with Crippen LogP contribution in [-0.2, 0) is 4.79 Å². The first-order chi connectivity index (χ1) is 14.6. The van der Waals surface area contributed by atoms with Crippen LogP contribution in [0, 0.1) is 5.82 Å². The molecule has 5 rings (SSSR count). The summed E-state index contributed by atoms with van der Waals surface area (Å²) in [4.78, 5) is 13.3. The number of fused-ring (bicyclic) bond motifs is 1. The molecule has 1 aliphatic heterocycles. The minimum absolute atomic E-state index is 0.0164. The Kier molecular flexibility index (Phi) is 4.46. The Morgan fingerprint density at radius 3 is 2.60 bits per heavy atom. The normalized spacial score (nSPS) is 20.5. The van der Waals surface area contributed by atoms with Crippen molar-refractivity contribution in [2.45, 2.75) is 24.8 Å². The lowest BCUT2D eigenvalue weighted by molar-refractivity contribution is -0.116. The van der Waals surface area contributed by atoms with Crippen molar-refractivity contribution in [1.29, 1.82) is 0 Å². The molecule has 0 unspecified atom stereocenters. The number of aromatic nitrogens is 2. The zero-order valence-corrected chi connectivity index (χ0v) is 16.2. The van der Waals surface area contributed by atoms with Crippen molar-refractivity contribution in [1.82, 2.24) is 10.3 Å². The highest BCUT2D eigenvalue weighted by molar-refractivity contribution is 6.00. The molecule has 7 nitrogen and oxygen atoms in total. The molecule has 0 amide bonds. The lowest BCUT2D eigenvalue weighted by Gasteiger charge is -2.29. The molecule has 2 N–H and O–H groups in total. The number of anilines is 2. The summed E-state index contributed by atoms with van der Waals surface area (Å²) >= 11 is 0. The molecular formula is C22H19FN4O3. The molecule has 3 aromatic rings. The van der Waals surface area contributed by atoms with Crippen LogP contribution in [0.25, 0.3) is 0 Å². The van der Waals surface area contributed by atoms with E-state index in [4.69, 9.17) is 9.37 Å². The number of nitrogens with zero attached hydrogens (tertiary/aromatic N) is 2. The SMILES string of the molecule is COc1ccc([C@H]2CC(=O)C3=C(C2)Nc2nonc2N[C@@H]3c2ccccc2F)cc1. The lowest BCUT2D eigenvalue weighted by atomic mass is 9.78. The summed E-state index contributed by atoms with van der Waals surface area (Å²) in [5.41, 5.74) is 2.61. The molecule has 0 saturated carbocycles. The largest absolute Gasteiger partial charge is 0.497 e. The molecule has 2 aromatic carbocycles. The summed E-state index contributed by atoms with van der Waals surface area (Å²) in [6, 6.07) is 13.4. The van der Waals surface area contributed by atoms with Crippen LogP contribution in [0.5, 0.6) is 5.75 Å². The van der Waals surface area contributed by atoms with Crippen LogP contribution in [0.1, 0.15) is 35.9 Å². The van der Waals surface area contributed by atoms with E-state index in [2.05, 4.69) is 20.9 Å². The number of rotatable bonds is 3. The monoisotopic (exact) mass is 406 g/mol. The average molecular weight is 406 g/mol. The summed E-state index contributed by atoms with van der Waals surface area (Å²) in [6.07, 6.45) is 0.904. The molecule has 0 radical (unpaired) electrons. The predicted molar refractivity (Wildman–Crippen MR) is 108 cm³/mol. The Hall–Kier alpha value is -3.68. The first kappa shape index (κ1) is 18.4. The first-order valence-corrected chi connectivity index (χ1v) is 9.64. The van der Waals surface area contributed by atoms with E-state index in [9.17, 15) is 9.18 Å². The molecular weight excluding hydrogens is 387 g/mol. The van der Waals surface area contributed by atoms with E-state index in [1.165, 1.54) is 6.07 Å². The second-order valence-electron chi connectivity index (χ2n) is 7.38. The van der Waals surface area contributed by atoms with Gasteiger partial charge in [-0.1, -0.05) is 30.3 Å². The van der Waals surface area contributed by atoms with E-state index in [0.29, 0.717) is 41.3 Å². The van der Waals surface area contributed by atoms with Crippen molar-refractivity contribution in [2.24, 2.45) is 0 Å². The fourth-order valence-corrected chi connectivity index (χ4v) is 4.16. The standard InChI is InChI=1S/C22H19FN4O3/c1-29-14-8-6-12(7-9-14)13-10-17-19(18(28)11-13)20(15-4-2-3-5-16(15)23)25-22-21(24-17)26-30-27-22/h2-9,13,20H,10-11H2,1H3,(H,24,26)(H,25,27)/t13-,20-/m1/s1. The van der Waals surface area contributed by atoms with Gasteiger partial charge in [-0.25, -0.2) is 9.02 Å². The fourth-order valence-electron chi connectivity index (χ4n) is 4.16. The molecule has 152 valence electrons. The minimum Gasteiger partial charge on any atom is -0.497 e. The van der Waals surface area contributed by atoms with Gasteiger partial charge in [-0.05, 0) is 46.4 Å². The van der Waals surface area contributed by atoms with Gasteiger partial charge < -0.3 is 15.4 Å². The summed E-state index contributed by atoms with van der Waals surface area (Å²) < 4.78 is 24.7. The molecule has 30 heavy (non-hydrogen) atoms. The highest BCUT2D eigenvalue weighted by Gasteiger charge is 2.38. The minimum atomic E-state index is -0.689. The zero-order valence-electron chi connectivity index (χ0n) is 16.2. The van der Waals surface area contributed by atoms with Crippen molar-refractivity contribution in [3.8, 4) is 5.75 Å². The molecule has 0 bridgehead atoms. The van der Waals surface area contributed by atoms with E-state index in [0.717, 1.165) is 11.3 Å². The lowest BCUT2D eigenvalue weighted by Crippen LogP contribution is -2.27. The molecule has 2 atom stereocenters. The third-order valence-corrected chi connectivity index (χ3v) is 5.64. The van der Waals surface area contributed by atoms with Crippen LogP contribution in [0.15, 0.2) is 64.4 Å². The number of ether oxygens (including phenoxy) is 1. The van der Waals surface area contributed by atoms with Gasteiger partial charge in [0.15, 0.2) is 5.78 Å². The number of hydrogen-bond acceptors (Lipinski definition) is 7. The van der Waals surface area contributed by atoms with E-state index in [1.807, 2.05) is 24.3 Å². The average Bonchev–Trinajstić information content (AvgIpc) is 3.13. The fraction of sp³-hybridized carbons (Fsp3) is 0.227. The molecule has 1 aliphatic carbocycles. The maximum absolute atomic E-state index is 14.6. The van der Waals surface area contributed by atoms with Crippen molar-refractivity contribution >= 4 is 17.4 Å². The number of benzene rings is 2. The Bertz CT molecular complexity index is 1140. The van der Waals surface area contributed by atoms with E-state index < -0.39 is 11.9 Å². The maximum atomic E-state index is 14.6. The second-order valence-corrected chi connectivity index (χ2v) is 7.38. The molecule has 0 spiro atoms.